The second kappa shape index (κ2) is 6.21. The van der Waals surface area contributed by atoms with Gasteiger partial charge in [0.05, 0.1) is 12.3 Å². The average Bonchev–Trinajstić information content (AvgIpc) is 2.79. The Balaban J connectivity index is 2.01. The number of ether oxygens (including phenoxy) is 1. The number of rotatable bonds is 7. The van der Waals surface area contributed by atoms with E-state index in [9.17, 15) is 8.42 Å². The number of sulfonamides is 1. The SMILES string of the molecule is COC1CC(NS(=O)(=O)c2[nH]ncc2CNC(C)C)C1. The average molecular weight is 302 g/mol. The normalized spacial score (nSPS) is 23.0. The van der Waals surface area contributed by atoms with E-state index in [-0.39, 0.29) is 23.2 Å². The monoisotopic (exact) mass is 302 g/mol. The van der Waals surface area contributed by atoms with Crippen LogP contribution in [-0.2, 0) is 21.3 Å². The largest absolute Gasteiger partial charge is 0.381 e. The van der Waals surface area contributed by atoms with Crippen LogP contribution in [0.1, 0.15) is 32.3 Å². The third-order valence-corrected chi connectivity index (χ3v) is 4.93. The number of hydrogen-bond donors (Lipinski definition) is 3. The molecular formula is C12H22N4O3S. The number of aromatic nitrogens is 2. The summed E-state index contributed by atoms with van der Waals surface area (Å²) in [7, 11) is -1.91. The Morgan fingerprint density at radius 1 is 1.50 bits per heavy atom. The van der Waals surface area contributed by atoms with Gasteiger partial charge < -0.3 is 10.1 Å². The zero-order valence-electron chi connectivity index (χ0n) is 12.0. The summed E-state index contributed by atoms with van der Waals surface area (Å²) in [5.41, 5.74) is 0.647. The number of H-pyrrole nitrogens is 1. The molecule has 1 aromatic heterocycles. The molecule has 114 valence electrons. The third kappa shape index (κ3) is 3.57. The number of methoxy groups -OCH3 is 1. The summed E-state index contributed by atoms with van der Waals surface area (Å²) in [6.45, 7) is 4.48. The van der Waals surface area contributed by atoms with Crippen molar-refractivity contribution < 1.29 is 13.2 Å². The number of nitrogens with zero attached hydrogens (tertiary/aromatic N) is 1. The molecule has 0 amide bonds. The summed E-state index contributed by atoms with van der Waals surface area (Å²) >= 11 is 0. The van der Waals surface area contributed by atoms with E-state index < -0.39 is 10.0 Å². The first-order chi connectivity index (χ1) is 9.42. The molecule has 1 aliphatic carbocycles. The fraction of sp³-hybridized carbons (Fsp3) is 0.750. The molecule has 1 saturated carbocycles. The molecule has 0 saturated heterocycles. The maximum absolute atomic E-state index is 12.3. The van der Waals surface area contributed by atoms with E-state index in [1.54, 1.807) is 13.3 Å². The molecule has 0 atom stereocenters. The lowest BCUT2D eigenvalue weighted by Crippen LogP contribution is -2.47. The molecule has 0 aromatic carbocycles. The molecule has 7 nitrogen and oxygen atoms in total. The van der Waals surface area contributed by atoms with Crippen LogP contribution in [-0.4, -0.2) is 43.9 Å². The highest BCUT2D eigenvalue weighted by Crippen LogP contribution is 2.24. The number of hydrogen-bond acceptors (Lipinski definition) is 5. The Morgan fingerprint density at radius 2 is 2.20 bits per heavy atom. The van der Waals surface area contributed by atoms with Gasteiger partial charge in [-0.25, -0.2) is 13.1 Å². The van der Waals surface area contributed by atoms with Crippen LogP contribution < -0.4 is 10.0 Å². The zero-order valence-corrected chi connectivity index (χ0v) is 12.8. The van der Waals surface area contributed by atoms with Crippen LogP contribution >= 0.6 is 0 Å². The number of aromatic amines is 1. The van der Waals surface area contributed by atoms with Crippen molar-refractivity contribution in [1.82, 2.24) is 20.2 Å². The first kappa shape index (κ1) is 15.4. The van der Waals surface area contributed by atoms with Crippen LogP contribution in [0.15, 0.2) is 11.2 Å². The van der Waals surface area contributed by atoms with Crippen LogP contribution in [0.4, 0.5) is 0 Å². The lowest BCUT2D eigenvalue weighted by atomic mass is 9.90. The van der Waals surface area contributed by atoms with Crippen molar-refractivity contribution in [3.63, 3.8) is 0 Å². The minimum Gasteiger partial charge on any atom is -0.381 e. The first-order valence-electron chi connectivity index (χ1n) is 6.73. The first-order valence-corrected chi connectivity index (χ1v) is 8.21. The molecular weight excluding hydrogens is 280 g/mol. The van der Waals surface area contributed by atoms with Crippen LogP contribution in [0.3, 0.4) is 0 Å². The maximum Gasteiger partial charge on any atom is 0.258 e. The van der Waals surface area contributed by atoms with Gasteiger partial charge in [0.1, 0.15) is 0 Å². The molecule has 0 radical (unpaired) electrons. The van der Waals surface area contributed by atoms with Gasteiger partial charge in [0, 0.05) is 31.3 Å². The van der Waals surface area contributed by atoms with E-state index in [1.807, 2.05) is 13.8 Å². The van der Waals surface area contributed by atoms with E-state index >= 15 is 0 Å². The van der Waals surface area contributed by atoms with Gasteiger partial charge in [-0.15, -0.1) is 0 Å². The van der Waals surface area contributed by atoms with E-state index in [4.69, 9.17) is 4.74 Å². The molecule has 3 N–H and O–H groups in total. The van der Waals surface area contributed by atoms with Gasteiger partial charge in [-0.2, -0.15) is 5.10 Å². The van der Waals surface area contributed by atoms with Crippen LogP contribution in [0.5, 0.6) is 0 Å². The van der Waals surface area contributed by atoms with Crippen molar-refractivity contribution in [2.75, 3.05) is 7.11 Å². The minimum absolute atomic E-state index is 0.0563. The highest BCUT2D eigenvalue weighted by Gasteiger charge is 2.33. The summed E-state index contributed by atoms with van der Waals surface area (Å²) in [5.74, 6) is 0. The molecule has 1 aromatic rings. The quantitative estimate of drug-likeness (QED) is 0.676. The molecule has 8 heteroatoms. The fourth-order valence-corrected chi connectivity index (χ4v) is 3.50. The minimum atomic E-state index is -3.55. The van der Waals surface area contributed by atoms with Gasteiger partial charge in [-0.1, -0.05) is 13.8 Å². The van der Waals surface area contributed by atoms with E-state index in [1.165, 1.54) is 0 Å². The van der Waals surface area contributed by atoms with Crippen molar-refractivity contribution in [1.29, 1.82) is 0 Å². The van der Waals surface area contributed by atoms with Crippen LogP contribution in [0.25, 0.3) is 0 Å². The zero-order chi connectivity index (χ0) is 14.8. The third-order valence-electron chi connectivity index (χ3n) is 3.40. The van der Waals surface area contributed by atoms with Gasteiger partial charge in [0.15, 0.2) is 5.03 Å². The van der Waals surface area contributed by atoms with Crippen LogP contribution in [0, 0.1) is 0 Å². The molecule has 1 aliphatic rings. The van der Waals surface area contributed by atoms with Gasteiger partial charge >= 0.3 is 0 Å². The molecule has 1 heterocycles. The van der Waals surface area contributed by atoms with Gasteiger partial charge in [-0.05, 0) is 12.8 Å². The van der Waals surface area contributed by atoms with Crippen molar-refractivity contribution in [2.24, 2.45) is 0 Å². The Hall–Kier alpha value is -0.960. The summed E-state index contributed by atoms with van der Waals surface area (Å²) in [6.07, 6.45) is 3.13. The van der Waals surface area contributed by atoms with Crippen molar-refractivity contribution in [3.8, 4) is 0 Å². The molecule has 0 aliphatic heterocycles. The Bertz CT molecular complexity index is 535. The Morgan fingerprint density at radius 3 is 2.80 bits per heavy atom. The summed E-state index contributed by atoms with van der Waals surface area (Å²) < 4.78 is 32.4. The Labute approximate surface area is 119 Å². The second-order valence-electron chi connectivity index (χ2n) is 5.41. The maximum atomic E-state index is 12.3. The lowest BCUT2D eigenvalue weighted by Gasteiger charge is -2.34. The van der Waals surface area contributed by atoms with Crippen molar-refractivity contribution >= 4 is 10.0 Å². The predicted octanol–water partition coefficient (Wildman–Crippen LogP) is 0.363. The van der Waals surface area contributed by atoms with Crippen molar-refractivity contribution in [3.05, 3.63) is 11.8 Å². The van der Waals surface area contributed by atoms with Gasteiger partial charge in [0.25, 0.3) is 10.0 Å². The standard InChI is InChI=1S/C12H22N4O3S/c1-8(2)13-6-9-7-14-15-12(9)20(17,18)16-10-4-11(5-10)19-3/h7-8,10-11,13,16H,4-6H2,1-3H3,(H,14,15). The topological polar surface area (TPSA) is 96.1 Å². The second-order valence-corrected chi connectivity index (χ2v) is 7.06. The molecule has 20 heavy (non-hydrogen) atoms. The Kier molecular flexibility index (Phi) is 4.79. The molecule has 0 spiro atoms. The molecule has 1 fully saturated rings. The summed E-state index contributed by atoms with van der Waals surface area (Å²) in [6, 6.07) is 0.224. The van der Waals surface area contributed by atoms with Gasteiger partial charge in [0.2, 0.25) is 0 Å². The highest BCUT2D eigenvalue weighted by molar-refractivity contribution is 7.89. The fourth-order valence-electron chi connectivity index (χ4n) is 2.10. The smallest absolute Gasteiger partial charge is 0.258 e. The molecule has 0 bridgehead atoms. The molecule has 2 rings (SSSR count). The lowest BCUT2D eigenvalue weighted by molar-refractivity contribution is 0.0236. The summed E-state index contributed by atoms with van der Waals surface area (Å²) in [5, 5.41) is 9.75. The number of nitrogens with one attached hydrogen (secondary N) is 3. The van der Waals surface area contributed by atoms with Crippen molar-refractivity contribution in [2.45, 2.75) is 56.4 Å². The highest BCUT2D eigenvalue weighted by atomic mass is 32.2. The van der Waals surface area contributed by atoms with E-state index in [0.717, 1.165) is 0 Å². The van der Waals surface area contributed by atoms with E-state index in [2.05, 4.69) is 20.2 Å². The summed E-state index contributed by atoms with van der Waals surface area (Å²) in [4.78, 5) is 0. The van der Waals surface area contributed by atoms with E-state index in [0.29, 0.717) is 24.9 Å². The predicted molar refractivity (Wildman–Crippen MR) is 74.7 cm³/mol. The van der Waals surface area contributed by atoms with Crippen LogP contribution in [0.2, 0.25) is 0 Å². The molecule has 0 unspecified atom stereocenters. The van der Waals surface area contributed by atoms with Gasteiger partial charge in [-0.3, -0.25) is 5.10 Å².